The average Bonchev–Trinajstić information content (AvgIpc) is 2.59. The monoisotopic (exact) mass is 351 g/mol. The summed E-state index contributed by atoms with van der Waals surface area (Å²) in [5.74, 6) is 0.230. The van der Waals surface area contributed by atoms with E-state index in [1.165, 1.54) is 18.2 Å². The summed E-state index contributed by atoms with van der Waals surface area (Å²) in [6.07, 6.45) is 3.45. The lowest BCUT2D eigenvalue weighted by Crippen LogP contribution is -2.45. The van der Waals surface area contributed by atoms with E-state index in [0.717, 1.165) is 12.8 Å². The van der Waals surface area contributed by atoms with Crippen LogP contribution in [0.4, 0.5) is 0 Å². The van der Waals surface area contributed by atoms with Gasteiger partial charge in [-0.1, -0.05) is 6.08 Å². The number of likely N-dealkylation sites (tertiary alicyclic amines) is 1. The molecular formula is C17H25N3O3S. The van der Waals surface area contributed by atoms with Crippen LogP contribution in [0.3, 0.4) is 0 Å². The largest absolute Gasteiger partial charge is 0.338 e. The summed E-state index contributed by atoms with van der Waals surface area (Å²) in [6.45, 7) is 6.97. The smallest absolute Gasteiger partial charge is 0.253 e. The van der Waals surface area contributed by atoms with Gasteiger partial charge in [-0.05, 0) is 49.9 Å². The standard InChI is InChI=1S/C17H25N3O3S/c1-3-10-19-24(22,23)16-8-6-14(7-9-16)17(21)20-11-4-5-15(12-20)13(2)18/h3,6-9,13,15,19H,1,4-5,10-12,18H2,2H3. The van der Waals surface area contributed by atoms with Gasteiger partial charge in [-0.15, -0.1) is 6.58 Å². The van der Waals surface area contributed by atoms with Gasteiger partial charge in [-0.2, -0.15) is 0 Å². The van der Waals surface area contributed by atoms with Gasteiger partial charge in [0.05, 0.1) is 4.90 Å². The fourth-order valence-electron chi connectivity index (χ4n) is 2.83. The Morgan fingerprint density at radius 2 is 2.12 bits per heavy atom. The number of carbonyl (C=O) groups excluding carboxylic acids is 1. The van der Waals surface area contributed by atoms with E-state index in [-0.39, 0.29) is 23.4 Å². The Kier molecular flexibility index (Phi) is 6.15. The van der Waals surface area contributed by atoms with E-state index >= 15 is 0 Å². The number of nitrogens with zero attached hydrogens (tertiary/aromatic N) is 1. The van der Waals surface area contributed by atoms with Crippen molar-refractivity contribution < 1.29 is 13.2 Å². The average molecular weight is 351 g/mol. The third kappa shape index (κ3) is 4.43. The molecule has 2 atom stereocenters. The topological polar surface area (TPSA) is 92.5 Å². The molecule has 1 aliphatic rings. The highest BCUT2D eigenvalue weighted by Crippen LogP contribution is 2.21. The minimum Gasteiger partial charge on any atom is -0.338 e. The maximum absolute atomic E-state index is 12.6. The molecule has 1 aromatic rings. The zero-order valence-corrected chi connectivity index (χ0v) is 14.8. The zero-order chi connectivity index (χ0) is 17.7. The van der Waals surface area contributed by atoms with E-state index in [1.54, 1.807) is 17.0 Å². The van der Waals surface area contributed by atoms with Crippen molar-refractivity contribution in [3.8, 4) is 0 Å². The molecule has 2 rings (SSSR count). The van der Waals surface area contributed by atoms with Crippen LogP contribution in [0.1, 0.15) is 30.1 Å². The summed E-state index contributed by atoms with van der Waals surface area (Å²) in [5.41, 5.74) is 6.45. The van der Waals surface area contributed by atoms with Gasteiger partial charge in [0.25, 0.3) is 5.91 Å². The second kappa shape index (κ2) is 7.92. The molecule has 0 spiro atoms. The minimum atomic E-state index is -3.57. The van der Waals surface area contributed by atoms with Gasteiger partial charge in [0.1, 0.15) is 0 Å². The lowest BCUT2D eigenvalue weighted by atomic mass is 9.92. The summed E-state index contributed by atoms with van der Waals surface area (Å²) < 4.78 is 26.4. The zero-order valence-electron chi connectivity index (χ0n) is 13.9. The van der Waals surface area contributed by atoms with E-state index in [9.17, 15) is 13.2 Å². The first-order chi connectivity index (χ1) is 11.3. The molecule has 1 amide bonds. The van der Waals surface area contributed by atoms with E-state index in [0.29, 0.717) is 24.6 Å². The highest BCUT2D eigenvalue weighted by atomic mass is 32.2. The molecule has 1 aliphatic heterocycles. The van der Waals surface area contributed by atoms with Crippen molar-refractivity contribution in [2.45, 2.75) is 30.7 Å². The Morgan fingerprint density at radius 3 is 2.71 bits per heavy atom. The molecule has 0 saturated carbocycles. The molecule has 1 aromatic carbocycles. The molecule has 1 saturated heterocycles. The van der Waals surface area contributed by atoms with Gasteiger partial charge in [0.15, 0.2) is 0 Å². The number of piperidine rings is 1. The fourth-order valence-corrected chi connectivity index (χ4v) is 3.83. The molecule has 24 heavy (non-hydrogen) atoms. The number of carbonyl (C=O) groups is 1. The van der Waals surface area contributed by atoms with Crippen LogP contribution in [0.15, 0.2) is 41.8 Å². The predicted molar refractivity (Wildman–Crippen MR) is 94.1 cm³/mol. The van der Waals surface area contributed by atoms with Crippen molar-refractivity contribution >= 4 is 15.9 Å². The molecule has 6 nitrogen and oxygen atoms in total. The van der Waals surface area contributed by atoms with Crippen LogP contribution in [0, 0.1) is 5.92 Å². The predicted octanol–water partition coefficient (Wildman–Crippen LogP) is 1.35. The van der Waals surface area contributed by atoms with E-state index in [2.05, 4.69) is 11.3 Å². The highest BCUT2D eigenvalue weighted by molar-refractivity contribution is 7.89. The number of hydrogen-bond acceptors (Lipinski definition) is 4. The number of benzene rings is 1. The van der Waals surface area contributed by atoms with Gasteiger partial charge >= 0.3 is 0 Å². The maximum Gasteiger partial charge on any atom is 0.253 e. The van der Waals surface area contributed by atoms with E-state index in [1.807, 2.05) is 6.92 Å². The SMILES string of the molecule is C=CCNS(=O)(=O)c1ccc(C(=O)N2CCCC(C(C)N)C2)cc1. The van der Waals surface area contributed by atoms with Crippen molar-refractivity contribution in [2.24, 2.45) is 11.7 Å². The Labute approximate surface area is 143 Å². The molecule has 0 bridgehead atoms. The lowest BCUT2D eigenvalue weighted by molar-refractivity contribution is 0.0661. The van der Waals surface area contributed by atoms with Crippen LogP contribution in [-0.4, -0.2) is 44.9 Å². The number of nitrogens with one attached hydrogen (secondary N) is 1. The van der Waals surface area contributed by atoms with Gasteiger partial charge in [0.2, 0.25) is 10.0 Å². The number of hydrogen-bond donors (Lipinski definition) is 2. The van der Waals surface area contributed by atoms with Crippen molar-refractivity contribution in [2.75, 3.05) is 19.6 Å². The Bertz CT molecular complexity index is 684. The number of amides is 1. The Morgan fingerprint density at radius 1 is 1.46 bits per heavy atom. The van der Waals surface area contributed by atoms with Crippen LogP contribution >= 0.6 is 0 Å². The normalized spacial score (nSPS) is 19.8. The Hall–Kier alpha value is -1.70. The highest BCUT2D eigenvalue weighted by Gasteiger charge is 2.26. The van der Waals surface area contributed by atoms with Crippen LogP contribution in [0.2, 0.25) is 0 Å². The molecular weight excluding hydrogens is 326 g/mol. The van der Waals surface area contributed by atoms with Gasteiger partial charge in [-0.25, -0.2) is 13.1 Å². The minimum absolute atomic E-state index is 0.0593. The summed E-state index contributed by atoms with van der Waals surface area (Å²) in [6, 6.07) is 6.07. The summed E-state index contributed by atoms with van der Waals surface area (Å²) >= 11 is 0. The maximum atomic E-state index is 12.6. The summed E-state index contributed by atoms with van der Waals surface area (Å²) in [4.78, 5) is 14.5. The third-order valence-corrected chi connectivity index (χ3v) is 5.76. The molecule has 0 aromatic heterocycles. The quantitative estimate of drug-likeness (QED) is 0.757. The van der Waals surface area contributed by atoms with Gasteiger partial charge < -0.3 is 10.6 Å². The Balaban J connectivity index is 2.10. The van der Waals surface area contributed by atoms with Crippen molar-refractivity contribution in [1.29, 1.82) is 0 Å². The number of sulfonamides is 1. The molecule has 132 valence electrons. The molecule has 7 heteroatoms. The molecule has 3 N–H and O–H groups in total. The van der Waals surface area contributed by atoms with E-state index in [4.69, 9.17) is 5.73 Å². The van der Waals surface area contributed by atoms with Gasteiger partial charge in [0, 0.05) is 31.2 Å². The number of rotatable bonds is 6. The van der Waals surface area contributed by atoms with Crippen LogP contribution in [0.5, 0.6) is 0 Å². The van der Waals surface area contributed by atoms with Crippen LogP contribution in [-0.2, 0) is 10.0 Å². The first-order valence-electron chi connectivity index (χ1n) is 8.10. The fraction of sp³-hybridized carbons (Fsp3) is 0.471. The molecule has 0 radical (unpaired) electrons. The lowest BCUT2D eigenvalue weighted by Gasteiger charge is -2.34. The first-order valence-corrected chi connectivity index (χ1v) is 9.59. The van der Waals surface area contributed by atoms with Crippen LogP contribution < -0.4 is 10.5 Å². The second-order valence-electron chi connectivity index (χ2n) is 6.18. The van der Waals surface area contributed by atoms with Crippen molar-refractivity contribution in [3.05, 3.63) is 42.5 Å². The third-order valence-electron chi connectivity index (χ3n) is 4.32. The molecule has 0 aliphatic carbocycles. The van der Waals surface area contributed by atoms with E-state index < -0.39 is 10.0 Å². The second-order valence-corrected chi connectivity index (χ2v) is 7.94. The number of nitrogens with two attached hydrogens (primary N) is 1. The first kappa shape index (κ1) is 18.6. The van der Waals surface area contributed by atoms with Crippen molar-refractivity contribution in [1.82, 2.24) is 9.62 Å². The summed E-state index contributed by atoms with van der Waals surface area (Å²) in [5, 5.41) is 0. The molecule has 1 heterocycles. The van der Waals surface area contributed by atoms with Crippen LogP contribution in [0.25, 0.3) is 0 Å². The molecule has 2 unspecified atom stereocenters. The van der Waals surface area contributed by atoms with Gasteiger partial charge in [-0.3, -0.25) is 4.79 Å². The summed E-state index contributed by atoms with van der Waals surface area (Å²) in [7, 11) is -3.57. The van der Waals surface area contributed by atoms with Crippen molar-refractivity contribution in [3.63, 3.8) is 0 Å². The molecule has 1 fully saturated rings.